The van der Waals surface area contributed by atoms with Gasteiger partial charge in [0.05, 0.1) is 12.8 Å². The Hall–Kier alpha value is -2.34. The minimum atomic E-state index is 0.106. The topological polar surface area (TPSA) is 99.1 Å². The van der Waals surface area contributed by atoms with Crippen molar-refractivity contribution in [1.82, 2.24) is 15.3 Å². The molecule has 1 aliphatic rings. The lowest BCUT2D eigenvalue weighted by Crippen LogP contribution is -2.31. The predicted octanol–water partition coefficient (Wildman–Crippen LogP) is 0.885. The average Bonchev–Trinajstić information content (AvgIpc) is 2.46. The third kappa shape index (κ3) is 2.14. The molecule has 20 heavy (non-hydrogen) atoms. The fraction of sp³-hybridized carbons (Fsp3) is 0.286. The van der Waals surface area contributed by atoms with E-state index < -0.39 is 0 Å². The van der Waals surface area contributed by atoms with E-state index in [0.717, 1.165) is 29.1 Å². The minimum Gasteiger partial charge on any atom is -0.497 e. The van der Waals surface area contributed by atoms with Gasteiger partial charge in [-0.1, -0.05) is 12.1 Å². The Kier molecular flexibility index (Phi) is 3.15. The maximum atomic E-state index is 6.05. The fourth-order valence-corrected chi connectivity index (χ4v) is 2.65. The summed E-state index contributed by atoms with van der Waals surface area (Å²) in [4.78, 5) is 8.38. The highest BCUT2D eigenvalue weighted by Crippen LogP contribution is 2.34. The third-order valence-electron chi connectivity index (χ3n) is 3.56. The Morgan fingerprint density at radius 1 is 1.30 bits per heavy atom. The molecule has 104 valence electrons. The first-order valence-electron chi connectivity index (χ1n) is 6.45. The molecule has 0 bridgehead atoms. The Bertz CT molecular complexity index is 643. The minimum absolute atomic E-state index is 0.106. The lowest BCUT2D eigenvalue weighted by atomic mass is 9.88. The van der Waals surface area contributed by atoms with Crippen LogP contribution in [0.2, 0.25) is 0 Å². The molecule has 0 saturated carbocycles. The summed E-state index contributed by atoms with van der Waals surface area (Å²) in [6, 6.07) is 7.96. The second kappa shape index (κ2) is 4.97. The van der Waals surface area contributed by atoms with Gasteiger partial charge in [0, 0.05) is 24.6 Å². The van der Waals surface area contributed by atoms with Crippen molar-refractivity contribution in [1.29, 1.82) is 0 Å². The van der Waals surface area contributed by atoms with Crippen molar-refractivity contribution in [3.63, 3.8) is 0 Å². The summed E-state index contributed by atoms with van der Waals surface area (Å²) in [5.41, 5.74) is 14.7. The molecule has 0 aliphatic carbocycles. The average molecular weight is 271 g/mol. The van der Waals surface area contributed by atoms with Gasteiger partial charge in [0.15, 0.2) is 0 Å². The lowest BCUT2D eigenvalue weighted by Gasteiger charge is -2.27. The molecule has 0 fully saturated rings. The molecule has 0 saturated heterocycles. The predicted molar refractivity (Wildman–Crippen MR) is 77.4 cm³/mol. The molecule has 1 unspecified atom stereocenters. The molecule has 1 atom stereocenters. The number of ether oxygens (including phenoxy) is 1. The number of fused-ring (bicyclic) bond motifs is 1. The molecule has 3 rings (SSSR count). The first kappa shape index (κ1) is 12.7. The first-order valence-corrected chi connectivity index (χ1v) is 6.45. The summed E-state index contributed by atoms with van der Waals surface area (Å²) in [6.07, 6.45) is 0. The van der Waals surface area contributed by atoms with Gasteiger partial charge in [-0.25, -0.2) is 4.98 Å². The molecule has 0 amide bonds. The quantitative estimate of drug-likeness (QED) is 0.750. The van der Waals surface area contributed by atoms with Gasteiger partial charge >= 0.3 is 0 Å². The third-order valence-corrected chi connectivity index (χ3v) is 3.56. The van der Waals surface area contributed by atoms with Gasteiger partial charge in [-0.05, 0) is 17.7 Å². The van der Waals surface area contributed by atoms with Crippen LogP contribution in [0.4, 0.5) is 11.8 Å². The van der Waals surface area contributed by atoms with Crippen LogP contribution in [0.3, 0.4) is 0 Å². The van der Waals surface area contributed by atoms with Gasteiger partial charge in [-0.3, -0.25) is 0 Å². The van der Waals surface area contributed by atoms with E-state index in [9.17, 15) is 0 Å². The molecule has 6 nitrogen and oxygen atoms in total. The van der Waals surface area contributed by atoms with Crippen molar-refractivity contribution in [3.8, 4) is 5.75 Å². The van der Waals surface area contributed by atoms with Crippen molar-refractivity contribution >= 4 is 11.8 Å². The standard InChI is InChI=1S/C14H17N5O/c1-20-9-4-2-3-8(5-9)10-6-17-7-11-12(10)13(15)19-14(16)18-11/h2-5,10,17H,6-7H2,1H3,(H4,15,16,18,19). The summed E-state index contributed by atoms with van der Waals surface area (Å²) in [5, 5.41) is 3.34. The number of nitrogen functional groups attached to an aromatic ring is 2. The van der Waals surface area contributed by atoms with Crippen molar-refractivity contribution in [3.05, 3.63) is 41.1 Å². The van der Waals surface area contributed by atoms with E-state index in [0.29, 0.717) is 12.4 Å². The Labute approximate surface area is 117 Å². The van der Waals surface area contributed by atoms with E-state index in [-0.39, 0.29) is 11.9 Å². The fourth-order valence-electron chi connectivity index (χ4n) is 2.65. The summed E-state index contributed by atoms with van der Waals surface area (Å²) in [5.74, 6) is 1.61. The summed E-state index contributed by atoms with van der Waals surface area (Å²) < 4.78 is 5.28. The molecule has 1 aromatic carbocycles. The van der Waals surface area contributed by atoms with Gasteiger partial charge in [0.1, 0.15) is 11.6 Å². The molecule has 5 N–H and O–H groups in total. The molecular formula is C14H17N5O. The number of nitrogens with zero attached hydrogens (tertiary/aromatic N) is 2. The van der Waals surface area contributed by atoms with E-state index in [2.05, 4.69) is 21.4 Å². The molecule has 0 spiro atoms. The number of benzene rings is 1. The van der Waals surface area contributed by atoms with E-state index in [1.54, 1.807) is 7.11 Å². The molecule has 1 aromatic heterocycles. The lowest BCUT2D eigenvalue weighted by molar-refractivity contribution is 0.413. The van der Waals surface area contributed by atoms with Crippen molar-refractivity contribution in [2.24, 2.45) is 0 Å². The van der Waals surface area contributed by atoms with Crippen molar-refractivity contribution in [2.45, 2.75) is 12.5 Å². The molecular weight excluding hydrogens is 254 g/mol. The summed E-state index contributed by atoms with van der Waals surface area (Å²) >= 11 is 0. The number of anilines is 2. The number of hydrogen-bond acceptors (Lipinski definition) is 6. The smallest absolute Gasteiger partial charge is 0.222 e. The SMILES string of the molecule is COc1cccc(C2CNCc3nc(N)nc(N)c32)c1. The Morgan fingerprint density at radius 2 is 2.15 bits per heavy atom. The summed E-state index contributed by atoms with van der Waals surface area (Å²) in [7, 11) is 1.66. The van der Waals surface area contributed by atoms with Crippen LogP contribution < -0.4 is 21.5 Å². The number of aromatic nitrogens is 2. The van der Waals surface area contributed by atoms with Crippen LogP contribution in [0.15, 0.2) is 24.3 Å². The van der Waals surface area contributed by atoms with Crippen LogP contribution in [0.1, 0.15) is 22.7 Å². The van der Waals surface area contributed by atoms with Gasteiger partial charge in [-0.15, -0.1) is 0 Å². The van der Waals surface area contributed by atoms with Crippen LogP contribution in [-0.4, -0.2) is 23.6 Å². The maximum absolute atomic E-state index is 6.05. The van der Waals surface area contributed by atoms with E-state index in [4.69, 9.17) is 16.2 Å². The second-order valence-corrected chi connectivity index (χ2v) is 4.79. The molecule has 2 aromatic rings. The van der Waals surface area contributed by atoms with E-state index in [1.165, 1.54) is 0 Å². The number of hydrogen-bond donors (Lipinski definition) is 3. The van der Waals surface area contributed by atoms with Gasteiger partial charge in [-0.2, -0.15) is 4.98 Å². The maximum Gasteiger partial charge on any atom is 0.222 e. The Balaban J connectivity index is 2.09. The zero-order valence-electron chi connectivity index (χ0n) is 11.3. The Morgan fingerprint density at radius 3 is 2.95 bits per heavy atom. The van der Waals surface area contributed by atoms with Crippen LogP contribution >= 0.6 is 0 Å². The normalized spacial score (nSPS) is 17.6. The number of rotatable bonds is 2. The van der Waals surface area contributed by atoms with Crippen molar-refractivity contribution in [2.75, 3.05) is 25.1 Å². The first-order chi connectivity index (χ1) is 9.69. The van der Waals surface area contributed by atoms with Crippen LogP contribution in [0, 0.1) is 0 Å². The zero-order chi connectivity index (χ0) is 14.1. The number of nitrogens with two attached hydrogens (primary N) is 2. The van der Waals surface area contributed by atoms with Crippen LogP contribution in [0.5, 0.6) is 5.75 Å². The zero-order valence-corrected chi connectivity index (χ0v) is 11.3. The van der Waals surface area contributed by atoms with Gasteiger partial charge in [0.25, 0.3) is 0 Å². The molecule has 0 radical (unpaired) electrons. The van der Waals surface area contributed by atoms with Gasteiger partial charge < -0.3 is 21.5 Å². The molecule has 6 heteroatoms. The highest BCUT2D eigenvalue weighted by Gasteiger charge is 2.26. The number of methoxy groups -OCH3 is 1. The van der Waals surface area contributed by atoms with E-state index in [1.807, 2.05) is 18.2 Å². The van der Waals surface area contributed by atoms with Crippen LogP contribution in [0.25, 0.3) is 0 Å². The van der Waals surface area contributed by atoms with Gasteiger partial charge in [0.2, 0.25) is 5.95 Å². The monoisotopic (exact) mass is 271 g/mol. The summed E-state index contributed by atoms with van der Waals surface area (Å²) in [6.45, 7) is 1.45. The molecule has 1 aliphatic heterocycles. The number of nitrogens with one attached hydrogen (secondary N) is 1. The second-order valence-electron chi connectivity index (χ2n) is 4.79. The highest BCUT2D eigenvalue weighted by molar-refractivity contribution is 5.53. The van der Waals surface area contributed by atoms with Crippen LogP contribution in [-0.2, 0) is 6.54 Å². The largest absolute Gasteiger partial charge is 0.497 e. The van der Waals surface area contributed by atoms with Crippen molar-refractivity contribution < 1.29 is 4.74 Å². The molecule has 2 heterocycles. The van der Waals surface area contributed by atoms with E-state index >= 15 is 0 Å². The highest BCUT2D eigenvalue weighted by atomic mass is 16.5.